The number of fused-ring (bicyclic) bond motifs is 2. The Hall–Kier alpha value is -0.120. The van der Waals surface area contributed by atoms with E-state index in [0.29, 0.717) is 0 Å². The molecule has 0 aliphatic carbocycles. The van der Waals surface area contributed by atoms with E-state index >= 15 is 0 Å². The molecule has 98 valence electrons. The number of nitrogens with one attached hydrogen (secondary N) is 1. The van der Waals surface area contributed by atoms with Crippen molar-refractivity contribution in [3.8, 4) is 0 Å². The average Bonchev–Trinajstić information content (AvgIpc) is 2.61. The van der Waals surface area contributed by atoms with Crippen LogP contribution in [0.5, 0.6) is 0 Å². The van der Waals surface area contributed by atoms with Gasteiger partial charge in [-0.25, -0.2) is 0 Å². The van der Waals surface area contributed by atoms with Crippen LogP contribution in [0.25, 0.3) is 0 Å². The molecular weight excluding hydrogens is 212 g/mol. The van der Waals surface area contributed by atoms with Gasteiger partial charge in [0, 0.05) is 31.3 Å². The van der Waals surface area contributed by atoms with Crippen LogP contribution in [0.1, 0.15) is 38.5 Å². The van der Waals surface area contributed by atoms with Crippen LogP contribution in [-0.2, 0) is 4.74 Å². The quantitative estimate of drug-likeness (QED) is 0.809. The first-order valence-electron chi connectivity index (χ1n) is 7.36. The molecule has 0 radical (unpaired) electrons. The lowest BCUT2D eigenvalue weighted by atomic mass is 9.96. The van der Waals surface area contributed by atoms with Crippen molar-refractivity contribution in [2.45, 2.75) is 56.7 Å². The van der Waals surface area contributed by atoms with Gasteiger partial charge in [0.1, 0.15) is 0 Å². The summed E-state index contributed by atoms with van der Waals surface area (Å²) in [5, 5.41) is 3.81. The van der Waals surface area contributed by atoms with Gasteiger partial charge in [-0.1, -0.05) is 0 Å². The van der Waals surface area contributed by atoms with Crippen LogP contribution in [0.2, 0.25) is 0 Å². The molecule has 0 aromatic heterocycles. The second kappa shape index (κ2) is 5.25. The van der Waals surface area contributed by atoms with Crippen molar-refractivity contribution in [2.24, 2.45) is 5.92 Å². The Morgan fingerprint density at radius 1 is 1.18 bits per heavy atom. The van der Waals surface area contributed by atoms with E-state index in [1.807, 2.05) is 0 Å². The Bertz CT molecular complexity index is 239. The average molecular weight is 238 g/mol. The molecule has 0 aromatic carbocycles. The monoisotopic (exact) mass is 238 g/mol. The highest BCUT2D eigenvalue weighted by molar-refractivity contribution is 4.96. The first-order chi connectivity index (χ1) is 8.33. The third-order valence-corrected chi connectivity index (χ3v) is 5.05. The molecule has 2 bridgehead atoms. The molecule has 0 amide bonds. The van der Waals surface area contributed by atoms with Crippen molar-refractivity contribution in [1.82, 2.24) is 10.2 Å². The highest BCUT2D eigenvalue weighted by atomic mass is 16.5. The first-order valence-corrected chi connectivity index (χ1v) is 7.36. The number of rotatable bonds is 3. The lowest BCUT2D eigenvalue weighted by molar-refractivity contribution is 0.0514. The number of ether oxygens (including phenoxy) is 1. The summed E-state index contributed by atoms with van der Waals surface area (Å²) in [4.78, 5) is 2.61. The predicted octanol–water partition coefficient (Wildman–Crippen LogP) is 1.63. The molecule has 3 saturated heterocycles. The summed E-state index contributed by atoms with van der Waals surface area (Å²) in [5.41, 5.74) is 0. The van der Waals surface area contributed by atoms with E-state index in [-0.39, 0.29) is 0 Å². The summed E-state index contributed by atoms with van der Waals surface area (Å²) < 4.78 is 5.55. The maximum Gasteiger partial charge on any atom is 0.0506 e. The molecule has 3 aliphatic heterocycles. The van der Waals surface area contributed by atoms with Gasteiger partial charge in [-0.2, -0.15) is 0 Å². The standard InChI is InChI=1S/C14H26N2O/c1-16-13-4-5-14(16)8-12(7-13)15-9-11-3-2-6-17-10-11/h11-15H,2-10H2,1H3. The van der Waals surface area contributed by atoms with Gasteiger partial charge in [0.25, 0.3) is 0 Å². The second-order valence-corrected chi connectivity index (χ2v) is 6.21. The smallest absolute Gasteiger partial charge is 0.0506 e. The van der Waals surface area contributed by atoms with E-state index in [0.717, 1.165) is 37.3 Å². The number of nitrogens with zero attached hydrogens (tertiary/aromatic N) is 1. The molecule has 17 heavy (non-hydrogen) atoms. The molecule has 0 aromatic rings. The topological polar surface area (TPSA) is 24.5 Å². The number of hydrogen-bond acceptors (Lipinski definition) is 3. The highest BCUT2D eigenvalue weighted by Crippen LogP contribution is 2.34. The molecule has 3 heteroatoms. The minimum atomic E-state index is 0.765. The summed E-state index contributed by atoms with van der Waals surface area (Å²) >= 11 is 0. The Labute approximate surface area is 105 Å². The maximum atomic E-state index is 5.55. The summed E-state index contributed by atoms with van der Waals surface area (Å²) in [6, 6.07) is 2.48. The van der Waals surface area contributed by atoms with Crippen LogP contribution in [0.3, 0.4) is 0 Å². The minimum Gasteiger partial charge on any atom is -0.381 e. The van der Waals surface area contributed by atoms with Crippen molar-refractivity contribution in [3.05, 3.63) is 0 Å². The molecule has 3 atom stereocenters. The van der Waals surface area contributed by atoms with Crippen molar-refractivity contribution in [1.29, 1.82) is 0 Å². The summed E-state index contributed by atoms with van der Waals surface area (Å²) in [6.07, 6.45) is 8.18. The largest absolute Gasteiger partial charge is 0.381 e. The molecule has 3 unspecified atom stereocenters. The molecule has 0 spiro atoms. The number of hydrogen-bond donors (Lipinski definition) is 1. The van der Waals surface area contributed by atoms with Crippen molar-refractivity contribution >= 4 is 0 Å². The van der Waals surface area contributed by atoms with Crippen LogP contribution in [0.15, 0.2) is 0 Å². The third kappa shape index (κ3) is 2.67. The van der Waals surface area contributed by atoms with Gasteiger partial charge in [-0.15, -0.1) is 0 Å². The van der Waals surface area contributed by atoms with E-state index in [1.54, 1.807) is 0 Å². The zero-order valence-electron chi connectivity index (χ0n) is 11.0. The van der Waals surface area contributed by atoms with E-state index in [9.17, 15) is 0 Å². The van der Waals surface area contributed by atoms with Gasteiger partial charge in [0.2, 0.25) is 0 Å². The first kappa shape index (κ1) is 11.9. The van der Waals surface area contributed by atoms with Crippen LogP contribution in [-0.4, -0.2) is 49.8 Å². The fraction of sp³-hybridized carbons (Fsp3) is 1.00. The maximum absolute atomic E-state index is 5.55. The summed E-state index contributed by atoms with van der Waals surface area (Å²) in [5.74, 6) is 0.765. The van der Waals surface area contributed by atoms with Crippen LogP contribution < -0.4 is 5.32 Å². The highest BCUT2D eigenvalue weighted by Gasteiger charge is 2.38. The molecule has 1 N–H and O–H groups in total. The zero-order valence-corrected chi connectivity index (χ0v) is 11.0. The second-order valence-electron chi connectivity index (χ2n) is 6.21. The van der Waals surface area contributed by atoms with Gasteiger partial charge in [-0.05, 0) is 51.5 Å². The van der Waals surface area contributed by atoms with Gasteiger partial charge in [0.15, 0.2) is 0 Å². The van der Waals surface area contributed by atoms with E-state index in [2.05, 4.69) is 17.3 Å². The normalized spacial score (nSPS) is 42.9. The minimum absolute atomic E-state index is 0.765. The van der Waals surface area contributed by atoms with E-state index < -0.39 is 0 Å². The van der Waals surface area contributed by atoms with Crippen molar-refractivity contribution in [3.63, 3.8) is 0 Å². The molecule has 3 aliphatic rings. The Morgan fingerprint density at radius 3 is 2.59 bits per heavy atom. The van der Waals surface area contributed by atoms with Gasteiger partial charge in [-0.3, -0.25) is 0 Å². The van der Waals surface area contributed by atoms with Crippen molar-refractivity contribution in [2.75, 3.05) is 26.8 Å². The third-order valence-electron chi connectivity index (χ3n) is 5.05. The van der Waals surface area contributed by atoms with Gasteiger partial charge in [0.05, 0.1) is 6.61 Å². The fourth-order valence-electron chi connectivity index (χ4n) is 3.88. The summed E-state index contributed by atoms with van der Waals surface area (Å²) in [6.45, 7) is 3.13. The summed E-state index contributed by atoms with van der Waals surface area (Å²) in [7, 11) is 2.31. The number of piperidine rings is 1. The Kier molecular flexibility index (Phi) is 3.69. The lowest BCUT2D eigenvalue weighted by Crippen LogP contribution is -2.48. The van der Waals surface area contributed by atoms with Crippen molar-refractivity contribution < 1.29 is 4.74 Å². The SMILES string of the molecule is CN1C2CCC1CC(NCC1CCCOC1)C2. The molecule has 3 nitrogen and oxygen atoms in total. The molecule has 3 rings (SSSR count). The van der Waals surface area contributed by atoms with Crippen LogP contribution >= 0.6 is 0 Å². The fourth-order valence-corrected chi connectivity index (χ4v) is 3.88. The van der Waals surface area contributed by atoms with Crippen LogP contribution in [0.4, 0.5) is 0 Å². The van der Waals surface area contributed by atoms with Crippen LogP contribution in [0, 0.1) is 5.92 Å². The van der Waals surface area contributed by atoms with Gasteiger partial charge < -0.3 is 15.0 Å². The van der Waals surface area contributed by atoms with E-state index in [1.165, 1.54) is 45.1 Å². The molecular formula is C14H26N2O. The Balaban J connectivity index is 1.44. The molecule has 3 heterocycles. The predicted molar refractivity (Wildman–Crippen MR) is 69.1 cm³/mol. The molecule has 3 fully saturated rings. The van der Waals surface area contributed by atoms with Gasteiger partial charge >= 0.3 is 0 Å². The zero-order chi connectivity index (χ0) is 11.7. The lowest BCUT2D eigenvalue weighted by Gasteiger charge is -2.37. The van der Waals surface area contributed by atoms with E-state index in [4.69, 9.17) is 4.74 Å². The Morgan fingerprint density at radius 2 is 1.94 bits per heavy atom. The molecule has 0 saturated carbocycles.